The molecule has 3 aromatic rings. The summed E-state index contributed by atoms with van der Waals surface area (Å²) >= 11 is 0. The van der Waals surface area contributed by atoms with Crippen LogP contribution in [-0.4, -0.2) is 130 Å². The molecule has 4 fully saturated rings. The van der Waals surface area contributed by atoms with Gasteiger partial charge in [-0.2, -0.15) is 8.78 Å². The van der Waals surface area contributed by atoms with Crippen molar-refractivity contribution in [3.63, 3.8) is 0 Å². The van der Waals surface area contributed by atoms with Gasteiger partial charge in [0.1, 0.15) is 18.7 Å². The van der Waals surface area contributed by atoms with E-state index < -0.39 is 11.5 Å². The van der Waals surface area contributed by atoms with Crippen molar-refractivity contribution in [3.8, 4) is 0 Å². The Labute approximate surface area is 340 Å². The minimum Gasteiger partial charge on any atom is -0.444 e. The molecule has 1 aliphatic carbocycles. The topological polar surface area (TPSA) is 120 Å². The summed E-state index contributed by atoms with van der Waals surface area (Å²) in [5, 5.41) is 11.2. The third kappa shape index (κ3) is 8.39. The second-order valence-electron chi connectivity index (χ2n) is 18.0. The number of hydrogen-bond donors (Lipinski definition) is 2. The molecule has 58 heavy (non-hydrogen) atoms. The number of ether oxygens (including phenoxy) is 2. The predicted octanol–water partition coefficient (Wildman–Crippen LogP) is 6.11. The number of nitrogens with one attached hydrogen (secondary N) is 2. The van der Waals surface area contributed by atoms with E-state index in [1.165, 1.54) is 0 Å². The molecule has 2 amide bonds. The summed E-state index contributed by atoms with van der Waals surface area (Å²) < 4.78 is 46.6. The highest BCUT2D eigenvalue weighted by Crippen LogP contribution is 2.38. The van der Waals surface area contributed by atoms with Crippen molar-refractivity contribution < 1.29 is 32.4 Å². The summed E-state index contributed by atoms with van der Waals surface area (Å²) in [6.07, 6.45) is 9.16. The van der Waals surface area contributed by atoms with Crippen molar-refractivity contribution in [3.05, 3.63) is 47.3 Å². The number of piperidine rings is 3. The summed E-state index contributed by atoms with van der Waals surface area (Å²) in [7, 11) is 3.48. The number of rotatable bonds is 9. The van der Waals surface area contributed by atoms with Crippen LogP contribution in [-0.2, 0) is 22.4 Å². The molecular formula is C43H60F2N9O4+. The van der Waals surface area contributed by atoms with Crippen LogP contribution in [0.15, 0.2) is 30.5 Å². The van der Waals surface area contributed by atoms with Crippen LogP contribution in [0.2, 0.25) is 0 Å². The first kappa shape index (κ1) is 40.4. The van der Waals surface area contributed by atoms with Gasteiger partial charge in [-0.3, -0.25) is 9.69 Å². The molecule has 1 aromatic carbocycles. The maximum atomic E-state index is 16.0. The van der Waals surface area contributed by atoms with Gasteiger partial charge >= 0.3 is 12.0 Å². The van der Waals surface area contributed by atoms with Crippen molar-refractivity contribution in [2.45, 2.75) is 109 Å². The van der Waals surface area contributed by atoms with Crippen molar-refractivity contribution in [1.29, 1.82) is 0 Å². The molecule has 2 atom stereocenters. The fraction of sp³-hybridized carbons (Fsp3) is 0.651. The highest BCUT2D eigenvalue weighted by Gasteiger charge is 2.48. The van der Waals surface area contributed by atoms with Crippen LogP contribution in [0.5, 0.6) is 0 Å². The van der Waals surface area contributed by atoms with Crippen LogP contribution in [0.25, 0.3) is 5.65 Å². The minimum absolute atomic E-state index is 0.00929. The average Bonchev–Trinajstić information content (AvgIpc) is 3.82. The van der Waals surface area contributed by atoms with E-state index in [0.29, 0.717) is 73.9 Å². The van der Waals surface area contributed by atoms with Gasteiger partial charge in [0.25, 0.3) is 5.91 Å². The zero-order valence-corrected chi connectivity index (χ0v) is 34.7. The Bertz CT molecular complexity index is 2030. The molecule has 3 saturated heterocycles. The Morgan fingerprint density at radius 2 is 1.76 bits per heavy atom. The number of likely N-dealkylation sites (tertiary alicyclic amines) is 2. The van der Waals surface area contributed by atoms with Crippen LogP contribution >= 0.6 is 0 Å². The van der Waals surface area contributed by atoms with Gasteiger partial charge in [0.15, 0.2) is 17.2 Å². The Kier molecular flexibility index (Phi) is 11.4. The summed E-state index contributed by atoms with van der Waals surface area (Å²) in [6, 6.07) is 8.03. The lowest BCUT2D eigenvalue weighted by Gasteiger charge is -2.36. The molecule has 1 saturated carbocycles. The number of hydrogen-bond acceptors (Lipinski definition) is 9. The van der Waals surface area contributed by atoms with Crippen LogP contribution in [0.4, 0.5) is 30.8 Å². The maximum absolute atomic E-state index is 16.0. The second-order valence-corrected chi connectivity index (χ2v) is 18.0. The standard InChI is InChI=1S/C43H59F2N9O4/c1-42(2,3)58-41(56)52-20-13-29(14-21-52)23-28-11-18-51(19-12-28)37-16-17-50(27-43(37,44)45)26-30-7-6-8-34-31(30)15-22-53(34)38-24-33(46-4)39-47-25-35(54(39)49-38)40(55)48-32-9-10-36(32)57-5/h6-8,24-25,28-29,32,36H,9-23,26-27H2,1-5H3,(H-,46,48,49,55)/p+1/t28?,32-,36-/m1/s1. The van der Waals surface area contributed by atoms with Gasteiger partial charge in [-0.25, -0.2) is 18.9 Å². The monoisotopic (exact) mass is 804 g/mol. The van der Waals surface area contributed by atoms with E-state index in [0.717, 1.165) is 87.0 Å². The van der Waals surface area contributed by atoms with Gasteiger partial charge < -0.3 is 29.9 Å². The summed E-state index contributed by atoms with van der Waals surface area (Å²) in [4.78, 5) is 36.2. The number of aromatic nitrogens is 3. The number of carbonyl (C=O) groups excluding carboxylic acids is 2. The Hall–Kier alpha value is -4.37. The van der Waals surface area contributed by atoms with Gasteiger partial charge in [-0.05, 0) is 88.3 Å². The fourth-order valence-electron chi connectivity index (χ4n) is 9.73. The number of benzene rings is 1. The SMILES string of the molecule is CNc1cc(N2CCc3c(CN4CCC(=[N+]5CCC(CC6CCN(C(=O)OC(C)(C)C)CC6)CC5)C(F)(F)C4)cccc32)nn2c(C(=O)N[C@@H]3CC[C@H]3OC)cnc12. The first-order chi connectivity index (χ1) is 27.8. The van der Waals surface area contributed by atoms with Gasteiger partial charge in [0.2, 0.25) is 5.71 Å². The Morgan fingerprint density at radius 3 is 2.43 bits per heavy atom. The number of methoxy groups -OCH3 is 1. The lowest BCUT2D eigenvalue weighted by atomic mass is 9.83. The fourth-order valence-corrected chi connectivity index (χ4v) is 9.73. The molecule has 2 aromatic heterocycles. The second kappa shape index (κ2) is 16.4. The number of carbonyl (C=O) groups is 2. The largest absolute Gasteiger partial charge is 0.444 e. The van der Waals surface area contributed by atoms with Gasteiger partial charge in [0.05, 0.1) is 30.6 Å². The number of amides is 2. The van der Waals surface area contributed by atoms with E-state index in [1.807, 2.05) is 54.3 Å². The van der Waals surface area contributed by atoms with Crippen LogP contribution in [0.3, 0.4) is 0 Å². The van der Waals surface area contributed by atoms with Crippen LogP contribution < -0.4 is 15.5 Å². The molecule has 0 radical (unpaired) electrons. The highest BCUT2D eigenvalue weighted by atomic mass is 19.3. The molecule has 15 heteroatoms. The number of anilines is 3. The molecule has 0 unspecified atom stereocenters. The number of alkyl halides is 2. The minimum atomic E-state index is -2.88. The zero-order valence-electron chi connectivity index (χ0n) is 34.7. The zero-order chi connectivity index (χ0) is 40.8. The molecule has 13 nitrogen and oxygen atoms in total. The molecule has 0 bridgehead atoms. The van der Waals surface area contributed by atoms with Crippen molar-refractivity contribution in [2.24, 2.45) is 11.8 Å². The smallest absolute Gasteiger partial charge is 0.410 e. The Balaban J connectivity index is 0.884. The first-order valence-corrected chi connectivity index (χ1v) is 21.3. The van der Waals surface area contributed by atoms with E-state index in [9.17, 15) is 9.59 Å². The van der Waals surface area contributed by atoms with E-state index in [4.69, 9.17) is 14.6 Å². The van der Waals surface area contributed by atoms with E-state index in [-0.39, 0.29) is 30.7 Å². The average molecular weight is 805 g/mol. The van der Waals surface area contributed by atoms with E-state index in [1.54, 1.807) is 17.8 Å². The normalized spacial score (nSPS) is 24.2. The van der Waals surface area contributed by atoms with Gasteiger partial charge in [-0.1, -0.05) is 12.1 Å². The summed E-state index contributed by atoms with van der Waals surface area (Å²) in [6.45, 7) is 9.93. The maximum Gasteiger partial charge on any atom is 0.410 e. The van der Waals surface area contributed by atoms with Crippen molar-refractivity contribution >= 4 is 40.6 Å². The molecular weight excluding hydrogens is 745 g/mol. The van der Waals surface area contributed by atoms with Crippen molar-refractivity contribution in [1.82, 2.24) is 29.7 Å². The lowest BCUT2D eigenvalue weighted by molar-refractivity contribution is -0.547. The molecule has 5 aliphatic rings. The number of fused-ring (bicyclic) bond motifs is 2. The number of nitrogens with zero attached hydrogens (tertiary/aromatic N) is 7. The lowest BCUT2D eigenvalue weighted by Crippen LogP contribution is -2.53. The predicted molar refractivity (Wildman–Crippen MR) is 219 cm³/mol. The molecule has 6 heterocycles. The molecule has 314 valence electrons. The van der Waals surface area contributed by atoms with Crippen LogP contribution in [0.1, 0.15) is 93.8 Å². The highest BCUT2D eigenvalue weighted by molar-refractivity contribution is 5.94. The molecule has 8 rings (SSSR count). The van der Waals surface area contributed by atoms with E-state index in [2.05, 4.69) is 32.7 Å². The molecule has 4 aliphatic heterocycles. The quantitative estimate of drug-likeness (QED) is 0.247. The Morgan fingerprint density at radius 1 is 1.00 bits per heavy atom. The van der Waals surface area contributed by atoms with Gasteiger partial charge in [0, 0.05) is 77.9 Å². The number of imidazole rings is 1. The van der Waals surface area contributed by atoms with E-state index >= 15 is 8.78 Å². The summed E-state index contributed by atoms with van der Waals surface area (Å²) in [5.74, 6) is -1.36. The van der Waals surface area contributed by atoms with Crippen molar-refractivity contribution in [2.75, 3.05) is 70.2 Å². The number of halogens is 2. The first-order valence-electron chi connectivity index (χ1n) is 21.3. The summed E-state index contributed by atoms with van der Waals surface area (Å²) in [5.41, 5.74) is 4.67. The van der Waals surface area contributed by atoms with Gasteiger partial charge in [-0.15, -0.1) is 5.10 Å². The molecule has 0 spiro atoms. The van der Waals surface area contributed by atoms with Crippen LogP contribution in [0, 0.1) is 11.8 Å². The third-order valence-electron chi connectivity index (χ3n) is 13.0. The third-order valence-corrected chi connectivity index (χ3v) is 13.0. The molecule has 2 N–H and O–H groups in total.